The largest absolute Gasteiger partial charge is 0.0862 e. The van der Waals surface area contributed by atoms with Crippen molar-refractivity contribution in [3.8, 4) is 0 Å². The highest BCUT2D eigenvalue weighted by molar-refractivity contribution is 5.75. The molecule has 0 aromatic rings. The number of hydrogen-bond donors (Lipinski definition) is 0. The minimum absolute atomic E-state index is 0. The van der Waals surface area contributed by atoms with Gasteiger partial charge in [0.1, 0.15) is 0 Å². The molecule has 0 saturated heterocycles. The van der Waals surface area contributed by atoms with Crippen molar-refractivity contribution < 1.29 is 0 Å². The minimum atomic E-state index is 0. The van der Waals surface area contributed by atoms with E-state index >= 15 is 0 Å². The lowest BCUT2D eigenvalue weighted by molar-refractivity contribution is 1.18. The van der Waals surface area contributed by atoms with Crippen LogP contribution in [0, 0.1) is 0 Å². The van der Waals surface area contributed by atoms with E-state index in [4.69, 9.17) is 0 Å². The molecule has 0 bridgehead atoms. The van der Waals surface area contributed by atoms with E-state index in [9.17, 15) is 0 Å². The zero-order valence-electron chi connectivity index (χ0n) is 5.36. The van der Waals surface area contributed by atoms with Crippen LogP contribution in [-0.2, 0) is 0 Å². The van der Waals surface area contributed by atoms with Crippen LogP contribution in [0.25, 0.3) is 0 Å². The first-order chi connectivity index (χ1) is 2.77. The van der Waals surface area contributed by atoms with E-state index < -0.39 is 0 Å². The van der Waals surface area contributed by atoms with E-state index in [1.54, 1.807) is 0 Å². The number of allylic oxidation sites excluding steroid dienone is 2. The second kappa shape index (κ2) is 5.80. The summed E-state index contributed by atoms with van der Waals surface area (Å²) in [6.45, 7) is 6.38. The van der Waals surface area contributed by atoms with Crippen molar-refractivity contribution >= 4 is 8.41 Å². The molecular formula is C6H12B. The average molecular weight is 95.0 g/mol. The van der Waals surface area contributed by atoms with Crippen LogP contribution in [-0.4, -0.2) is 8.41 Å². The summed E-state index contributed by atoms with van der Waals surface area (Å²) in [6.07, 6.45) is 3.38. The van der Waals surface area contributed by atoms with Crippen molar-refractivity contribution in [2.45, 2.75) is 27.2 Å². The predicted molar refractivity (Wildman–Crippen MR) is 35.5 cm³/mol. The van der Waals surface area contributed by atoms with Gasteiger partial charge in [-0.2, -0.15) is 0 Å². The molecule has 0 fully saturated rings. The van der Waals surface area contributed by atoms with Crippen molar-refractivity contribution in [1.29, 1.82) is 0 Å². The normalized spacial score (nSPS) is 6.71. The molecule has 0 aromatic heterocycles. The molecule has 3 radical (unpaired) electrons. The van der Waals surface area contributed by atoms with Crippen LogP contribution in [0.15, 0.2) is 11.6 Å². The summed E-state index contributed by atoms with van der Waals surface area (Å²) in [6, 6.07) is 0. The second-order valence-corrected chi connectivity index (χ2v) is 1.69. The molecule has 0 saturated carbocycles. The van der Waals surface area contributed by atoms with Gasteiger partial charge in [0.25, 0.3) is 0 Å². The first kappa shape index (κ1) is 9.93. The van der Waals surface area contributed by atoms with Crippen molar-refractivity contribution in [2.75, 3.05) is 0 Å². The lowest BCUT2D eigenvalue weighted by Gasteiger charge is -1.80. The Balaban J connectivity index is 0. The van der Waals surface area contributed by atoms with E-state index in [1.807, 2.05) is 0 Å². The zero-order chi connectivity index (χ0) is 4.99. The van der Waals surface area contributed by atoms with E-state index in [1.165, 1.54) is 12.0 Å². The summed E-state index contributed by atoms with van der Waals surface area (Å²) in [5.41, 5.74) is 1.41. The van der Waals surface area contributed by atoms with Crippen LogP contribution in [0.5, 0.6) is 0 Å². The van der Waals surface area contributed by atoms with E-state index in [-0.39, 0.29) is 8.41 Å². The fraction of sp³-hybridized carbons (Fsp3) is 0.667. The first-order valence-corrected chi connectivity index (χ1v) is 2.40. The highest BCUT2D eigenvalue weighted by Gasteiger charge is 1.67. The van der Waals surface area contributed by atoms with E-state index in [0.717, 1.165) is 0 Å². The summed E-state index contributed by atoms with van der Waals surface area (Å²) < 4.78 is 0. The second-order valence-electron chi connectivity index (χ2n) is 1.69. The molecule has 0 aliphatic heterocycles. The van der Waals surface area contributed by atoms with Crippen molar-refractivity contribution in [3.63, 3.8) is 0 Å². The molecule has 7 heavy (non-hydrogen) atoms. The number of hydrogen-bond acceptors (Lipinski definition) is 0. The zero-order valence-corrected chi connectivity index (χ0v) is 5.36. The first-order valence-electron chi connectivity index (χ1n) is 2.40. The summed E-state index contributed by atoms with van der Waals surface area (Å²) in [7, 11) is 0. The minimum Gasteiger partial charge on any atom is -0.0862 e. The maximum Gasteiger partial charge on any atom is 0 e. The summed E-state index contributed by atoms with van der Waals surface area (Å²) in [4.78, 5) is 0. The van der Waals surface area contributed by atoms with Crippen LogP contribution in [0.3, 0.4) is 0 Å². The SMILES string of the molecule is CCC=C(C)C.[B]. The molecule has 0 nitrogen and oxygen atoms in total. The van der Waals surface area contributed by atoms with Crippen LogP contribution >= 0.6 is 0 Å². The molecule has 0 rings (SSSR count). The van der Waals surface area contributed by atoms with Crippen LogP contribution in [0.2, 0.25) is 0 Å². The molecule has 1 heteroatoms. The average Bonchev–Trinajstić information content (AvgIpc) is 1.35. The smallest absolute Gasteiger partial charge is 0 e. The molecule has 0 atom stereocenters. The summed E-state index contributed by atoms with van der Waals surface area (Å²) in [5, 5.41) is 0. The number of rotatable bonds is 1. The van der Waals surface area contributed by atoms with Gasteiger partial charge < -0.3 is 0 Å². The summed E-state index contributed by atoms with van der Waals surface area (Å²) >= 11 is 0. The molecule has 0 N–H and O–H groups in total. The van der Waals surface area contributed by atoms with Gasteiger partial charge in [-0.3, -0.25) is 0 Å². The maximum atomic E-state index is 2.21. The van der Waals surface area contributed by atoms with E-state index in [0.29, 0.717) is 0 Å². The lowest BCUT2D eigenvalue weighted by Crippen LogP contribution is -1.58. The Labute approximate surface area is 48.2 Å². The molecule has 0 aromatic carbocycles. The quantitative estimate of drug-likeness (QED) is 0.345. The Kier molecular flexibility index (Phi) is 8.24. The third kappa shape index (κ3) is 10.7. The molecule has 0 amide bonds. The Morgan fingerprint density at radius 2 is 1.86 bits per heavy atom. The van der Waals surface area contributed by atoms with Gasteiger partial charge in [-0.1, -0.05) is 18.6 Å². The van der Waals surface area contributed by atoms with Gasteiger partial charge in [0.05, 0.1) is 0 Å². The molecular weight excluding hydrogens is 82.9 g/mol. The van der Waals surface area contributed by atoms with Gasteiger partial charge in [0, 0.05) is 8.41 Å². The Morgan fingerprint density at radius 3 is 1.86 bits per heavy atom. The molecule has 0 heterocycles. The highest BCUT2D eigenvalue weighted by Crippen LogP contribution is 1.88. The fourth-order valence-electron chi connectivity index (χ4n) is 0.408. The lowest BCUT2D eigenvalue weighted by atomic mass is 10.3. The van der Waals surface area contributed by atoms with E-state index in [2.05, 4.69) is 26.8 Å². The van der Waals surface area contributed by atoms with Gasteiger partial charge in [-0.25, -0.2) is 0 Å². The summed E-state index contributed by atoms with van der Waals surface area (Å²) in [5.74, 6) is 0. The third-order valence-corrected chi connectivity index (χ3v) is 0.612. The van der Waals surface area contributed by atoms with Gasteiger partial charge in [-0.05, 0) is 20.3 Å². The van der Waals surface area contributed by atoms with Crippen LogP contribution < -0.4 is 0 Å². The molecule has 0 unspecified atom stereocenters. The Bertz CT molecular complexity index is 51.2. The maximum absolute atomic E-state index is 2.21. The molecule has 0 aliphatic carbocycles. The molecule has 0 aliphatic rings. The van der Waals surface area contributed by atoms with Crippen molar-refractivity contribution in [3.05, 3.63) is 11.6 Å². The van der Waals surface area contributed by atoms with Gasteiger partial charge in [0.15, 0.2) is 0 Å². The standard InChI is InChI=1S/C6H12.B/c1-4-5-6(2)3;/h5H,4H2,1-3H3;. The molecule has 0 spiro atoms. The molecule has 39 valence electrons. The predicted octanol–water partition coefficient (Wildman–Crippen LogP) is 1.98. The van der Waals surface area contributed by atoms with Gasteiger partial charge >= 0.3 is 0 Å². The topological polar surface area (TPSA) is 0 Å². The van der Waals surface area contributed by atoms with Crippen molar-refractivity contribution in [1.82, 2.24) is 0 Å². The van der Waals surface area contributed by atoms with Crippen LogP contribution in [0.1, 0.15) is 27.2 Å². The van der Waals surface area contributed by atoms with Gasteiger partial charge in [0.2, 0.25) is 0 Å². The fourth-order valence-corrected chi connectivity index (χ4v) is 0.408. The Hall–Kier alpha value is -0.195. The third-order valence-electron chi connectivity index (χ3n) is 0.612. The monoisotopic (exact) mass is 95.1 g/mol. The Morgan fingerprint density at radius 1 is 1.43 bits per heavy atom. The van der Waals surface area contributed by atoms with Crippen LogP contribution in [0.4, 0.5) is 0 Å². The highest BCUT2D eigenvalue weighted by atomic mass is 13.7. The van der Waals surface area contributed by atoms with Crippen molar-refractivity contribution in [2.24, 2.45) is 0 Å². The van der Waals surface area contributed by atoms with Gasteiger partial charge in [-0.15, -0.1) is 0 Å².